The third kappa shape index (κ3) is 6.96. The van der Waals surface area contributed by atoms with Gasteiger partial charge in [0.15, 0.2) is 0 Å². The largest absolute Gasteiger partial charge is 0.466 e. The van der Waals surface area contributed by atoms with Crippen LogP contribution in [0.5, 0.6) is 0 Å². The van der Waals surface area contributed by atoms with Gasteiger partial charge in [-0.05, 0) is 13.3 Å². The van der Waals surface area contributed by atoms with Gasteiger partial charge in [0.2, 0.25) is 0 Å². The Bertz CT molecular complexity index is 564. The number of nitrogens with zero attached hydrogens (tertiary/aromatic N) is 1. The zero-order valence-electron chi connectivity index (χ0n) is 13.6. The number of aliphatic hydroxyl groups excluding tert-OH is 4. The summed E-state index contributed by atoms with van der Waals surface area (Å²) in [5, 5.41) is 51.8. The van der Waals surface area contributed by atoms with E-state index in [0.29, 0.717) is 11.8 Å². The van der Waals surface area contributed by atoms with Crippen LogP contribution < -0.4 is 0 Å². The summed E-state index contributed by atoms with van der Waals surface area (Å²) in [6, 6.07) is 0. The lowest BCUT2D eigenvalue weighted by molar-refractivity contribution is -0.205. The predicted octanol–water partition coefficient (Wildman–Crippen LogP) is -1.80. The van der Waals surface area contributed by atoms with E-state index in [1.54, 1.807) is 6.92 Å². The molecule has 11 nitrogen and oxygen atoms in total. The molecule has 0 radical (unpaired) electrons. The second kappa shape index (κ2) is 8.92. The summed E-state index contributed by atoms with van der Waals surface area (Å²) in [5.74, 6) is 0. The quantitative estimate of drug-likeness (QED) is 0.121. The Labute approximate surface area is 149 Å². The molecule has 1 saturated heterocycles. The van der Waals surface area contributed by atoms with Gasteiger partial charge in [0.25, 0.3) is 0 Å². The number of aliphatic hydroxyl groups is 5. The topological polar surface area (TPSA) is 186 Å². The van der Waals surface area contributed by atoms with Crippen LogP contribution in [0, 0.1) is 0 Å². The van der Waals surface area contributed by atoms with Crippen molar-refractivity contribution in [3.63, 3.8) is 0 Å². The molecular weight excluding hydrogens is 382 g/mol. The summed E-state index contributed by atoms with van der Waals surface area (Å²) < 4.78 is 39.2. The molecule has 0 aromatic carbocycles. The van der Waals surface area contributed by atoms with Crippen molar-refractivity contribution in [2.75, 3.05) is 6.61 Å². The summed E-state index contributed by atoms with van der Waals surface area (Å²) in [6.45, 7) is 2.48. The van der Waals surface area contributed by atoms with E-state index in [1.807, 2.05) is 0 Å². The fourth-order valence-corrected chi connectivity index (χ4v) is 3.41. The summed E-state index contributed by atoms with van der Waals surface area (Å²) in [6.07, 6.45) is -5.87. The maximum atomic E-state index is 10.7. The zero-order valence-corrected chi connectivity index (χ0v) is 15.2. The molecule has 0 amide bonds. The lowest BCUT2D eigenvalue weighted by Crippen LogP contribution is -2.57. The fraction of sp³-hybridized carbons (Fsp3) is 0.917. The van der Waals surface area contributed by atoms with Crippen molar-refractivity contribution < 1.29 is 47.5 Å². The maximum Gasteiger partial charge on any atom is 0.466 e. The Balaban J connectivity index is 2.99. The van der Waals surface area contributed by atoms with Crippen molar-refractivity contribution in [3.05, 3.63) is 0 Å². The average molecular weight is 405 g/mol. The molecule has 1 aliphatic rings. The van der Waals surface area contributed by atoms with Crippen molar-refractivity contribution in [3.8, 4) is 0 Å². The molecule has 0 aliphatic carbocycles. The van der Waals surface area contributed by atoms with Crippen LogP contribution in [0.25, 0.3) is 0 Å². The van der Waals surface area contributed by atoms with Gasteiger partial charge in [0.1, 0.15) is 34.9 Å². The minimum absolute atomic E-state index is 0.159. The first-order chi connectivity index (χ1) is 11.4. The van der Waals surface area contributed by atoms with Crippen molar-refractivity contribution in [1.29, 1.82) is 0 Å². The van der Waals surface area contributed by atoms with Crippen LogP contribution in [0.4, 0.5) is 0 Å². The number of thioether (sulfide) groups is 1. The first kappa shape index (κ1) is 22.5. The van der Waals surface area contributed by atoms with E-state index in [1.165, 1.54) is 6.92 Å². The molecule has 0 saturated carbocycles. The van der Waals surface area contributed by atoms with Crippen molar-refractivity contribution >= 4 is 27.2 Å². The van der Waals surface area contributed by atoms with Gasteiger partial charge in [-0.2, -0.15) is 8.42 Å². The highest BCUT2D eigenvalue weighted by molar-refractivity contribution is 8.14. The predicted molar refractivity (Wildman–Crippen MR) is 87.0 cm³/mol. The highest BCUT2D eigenvalue weighted by Gasteiger charge is 2.44. The monoisotopic (exact) mass is 405 g/mol. The van der Waals surface area contributed by atoms with Gasteiger partial charge in [0.05, 0.1) is 12.2 Å². The first-order valence-electron chi connectivity index (χ1n) is 7.32. The Morgan fingerprint density at radius 1 is 1.28 bits per heavy atom. The van der Waals surface area contributed by atoms with Gasteiger partial charge >= 0.3 is 10.4 Å². The van der Waals surface area contributed by atoms with Gasteiger partial charge in [-0.1, -0.05) is 23.8 Å². The first-order valence-corrected chi connectivity index (χ1v) is 9.57. The van der Waals surface area contributed by atoms with Gasteiger partial charge in [0, 0.05) is 6.42 Å². The summed E-state index contributed by atoms with van der Waals surface area (Å²) >= 11 is 0.617. The van der Waals surface area contributed by atoms with E-state index in [-0.39, 0.29) is 17.9 Å². The van der Waals surface area contributed by atoms with Gasteiger partial charge in [-0.15, -0.1) is 0 Å². The molecule has 148 valence electrons. The normalized spacial score (nSPS) is 33.8. The minimum Gasteiger partial charge on any atom is -0.394 e. The molecule has 0 bridgehead atoms. The lowest BCUT2D eigenvalue weighted by atomic mass is 10.0. The minimum atomic E-state index is -4.89. The van der Waals surface area contributed by atoms with Crippen molar-refractivity contribution in [1.82, 2.24) is 0 Å². The smallest absolute Gasteiger partial charge is 0.394 e. The second-order valence-corrected chi connectivity index (χ2v) is 8.01. The number of ether oxygens (including phenoxy) is 1. The molecule has 0 spiro atoms. The molecule has 6 unspecified atom stereocenters. The molecule has 1 rings (SSSR count). The molecule has 13 heteroatoms. The van der Waals surface area contributed by atoms with E-state index in [2.05, 4.69) is 9.44 Å². The molecule has 1 aliphatic heterocycles. The van der Waals surface area contributed by atoms with Crippen LogP contribution in [0.1, 0.15) is 26.7 Å². The van der Waals surface area contributed by atoms with Crippen LogP contribution in [-0.2, 0) is 19.4 Å². The summed E-state index contributed by atoms with van der Waals surface area (Å²) in [7, 11) is -4.89. The highest BCUT2D eigenvalue weighted by Crippen LogP contribution is 2.32. The third-order valence-electron chi connectivity index (χ3n) is 3.63. The second-order valence-electron chi connectivity index (χ2n) is 5.83. The molecule has 0 aromatic heterocycles. The van der Waals surface area contributed by atoms with Gasteiger partial charge in [-0.3, -0.25) is 4.55 Å². The summed E-state index contributed by atoms with van der Waals surface area (Å²) in [4.78, 5) is 0. The van der Waals surface area contributed by atoms with Crippen molar-refractivity contribution in [2.45, 2.75) is 62.1 Å². The highest BCUT2D eigenvalue weighted by atomic mass is 32.3. The zero-order chi connectivity index (χ0) is 19.4. The molecular formula is C12H23NO10S2. The lowest BCUT2D eigenvalue weighted by Gasteiger charge is -2.39. The fourth-order valence-electron chi connectivity index (χ4n) is 1.93. The van der Waals surface area contributed by atoms with Crippen LogP contribution in [-0.4, -0.2) is 85.6 Å². The standard InChI is InChI=1S/C12H23NO10S2/c1-3-12(2,18)4-7(13-23-25(19,20)21)24-11-10(17)9(16)8(15)6(5-14)22-11/h6,8-11,14-18H,3-5H2,1-2H3,(H,19,20,21)/b13-7+. The maximum absolute atomic E-state index is 10.7. The van der Waals surface area contributed by atoms with E-state index in [4.69, 9.17) is 14.4 Å². The number of hydrogen-bond acceptors (Lipinski definition) is 11. The van der Waals surface area contributed by atoms with E-state index in [9.17, 15) is 28.8 Å². The van der Waals surface area contributed by atoms with Crippen molar-refractivity contribution in [2.24, 2.45) is 5.16 Å². The molecule has 6 atom stereocenters. The third-order valence-corrected chi connectivity index (χ3v) is 5.00. The van der Waals surface area contributed by atoms with E-state index >= 15 is 0 Å². The van der Waals surface area contributed by atoms with Crippen LogP contribution in [0.2, 0.25) is 0 Å². The van der Waals surface area contributed by atoms with Crippen LogP contribution in [0.15, 0.2) is 5.16 Å². The number of hydrogen-bond donors (Lipinski definition) is 6. The molecule has 6 N–H and O–H groups in total. The number of oxime groups is 1. The molecule has 0 aromatic rings. The molecule has 1 fully saturated rings. The number of rotatable bonds is 7. The van der Waals surface area contributed by atoms with Gasteiger partial charge in [-0.25, -0.2) is 4.28 Å². The molecule has 25 heavy (non-hydrogen) atoms. The van der Waals surface area contributed by atoms with Crippen LogP contribution in [0.3, 0.4) is 0 Å². The SMILES string of the molecule is CCC(C)(O)C/C(=N\OS(=O)(=O)O)SC1OC(CO)C(O)C(O)C1O. The van der Waals surface area contributed by atoms with Crippen LogP contribution >= 0.6 is 11.8 Å². The molecule has 1 heterocycles. The van der Waals surface area contributed by atoms with E-state index in [0.717, 1.165) is 0 Å². The Hall–Kier alpha value is -0.510. The Morgan fingerprint density at radius 3 is 2.36 bits per heavy atom. The summed E-state index contributed by atoms with van der Waals surface area (Å²) in [5.41, 5.74) is -2.55. The van der Waals surface area contributed by atoms with Gasteiger partial charge < -0.3 is 30.3 Å². The Morgan fingerprint density at radius 2 is 1.88 bits per heavy atom. The van der Waals surface area contributed by atoms with E-state index < -0.39 is 52.5 Å². The Kier molecular flexibility index (Phi) is 8.04. The average Bonchev–Trinajstić information content (AvgIpc) is 2.52.